The van der Waals surface area contributed by atoms with Gasteiger partial charge in [-0.25, -0.2) is 0 Å². The molecule has 2 aromatic rings. The summed E-state index contributed by atoms with van der Waals surface area (Å²) in [6, 6.07) is 14.3. The minimum Gasteiger partial charge on any atom is -0.457 e. The minimum absolute atomic E-state index is 0.0316. The zero-order valence-electron chi connectivity index (χ0n) is 27.3. The monoisotopic (exact) mass is 628 g/mol. The Balaban J connectivity index is 1.16. The Morgan fingerprint density at radius 2 is 1.65 bits per heavy atom. The zero-order valence-corrected chi connectivity index (χ0v) is 27.3. The molecule has 0 unspecified atom stereocenters. The van der Waals surface area contributed by atoms with Gasteiger partial charge in [-0.15, -0.1) is 5.92 Å². The second-order valence-electron chi connectivity index (χ2n) is 13.0. The molecule has 2 aromatic carbocycles. The van der Waals surface area contributed by atoms with Crippen LogP contribution in [0.3, 0.4) is 0 Å². The van der Waals surface area contributed by atoms with E-state index in [2.05, 4.69) is 34.3 Å². The van der Waals surface area contributed by atoms with Crippen molar-refractivity contribution in [3.8, 4) is 23.3 Å². The van der Waals surface area contributed by atoms with Gasteiger partial charge in [0.25, 0.3) is 5.91 Å². The number of rotatable bonds is 11. The number of likely N-dealkylation sites (tertiary alicyclic amines) is 1. The summed E-state index contributed by atoms with van der Waals surface area (Å²) in [5.74, 6) is 6.64. The maximum atomic E-state index is 13.8. The van der Waals surface area contributed by atoms with Crippen molar-refractivity contribution in [2.24, 2.45) is 0 Å². The topological polar surface area (TPSA) is 111 Å². The van der Waals surface area contributed by atoms with Gasteiger partial charge < -0.3 is 25.4 Å². The standard InChI is InChI=1S/C37H48N4O5/c1-3-5-22-38-33(42)29-12-16-31(17-13-29)46-30-14-10-28(11-15-30)27-40-24-20-37(21-25-40)35(44)39-32(34(43)41(37)23-6-4-2)26-36(45)18-8-7-9-19-36/h10-17,32,45H,4,6-9,18-27H2,1-2H3,(H,38,42)(H,39,44)/t32-/m1/s1. The van der Waals surface area contributed by atoms with Crippen LogP contribution in [0.1, 0.15) is 94.0 Å². The van der Waals surface area contributed by atoms with E-state index in [0.29, 0.717) is 75.3 Å². The number of piperazine rings is 1. The van der Waals surface area contributed by atoms with E-state index in [0.717, 1.165) is 44.2 Å². The highest BCUT2D eigenvalue weighted by Gasteiger charge is 2.54. The number of nitrogens with zero attached hydrogens (tertiary/aromatic N) is 2. The molecule has 5 rings (SSSR count). The summed E-state index contributed by atoms with van der Waals surface area (Å²) in [6.07, 6.45) is 7.70. The fourth-order valence-corrected chi connectivity index (χ4v) is 7.07. The zero-order chi connectivity index (χ0) is 32.6. The van der Waals surface area contributed by atoms with Crippen molar-refractivity contribution in [1.29, 1.82) is 0 Å². The van der Waals surface area contributed by atoms with Gasteiger partial charge in [0, 0.05) is 38.2 Å². The number of ether oxygens (including phenoxy) is 1. The Morgan fingerprint density at radius 1 is 1.00 bits per heavy atom. The number of aliphatic hydroxyl groups is 1. The van der Waals surface area contributed by atoms with Crippen LogP contribution in [0.5, 0.6) is 11.5 Å². The number of benzene rings is 2. The van der Waals surface area contributed by atoms with Gasteiger partial charge in [0.1, 0.15) is 23.1 Å². The van der Waals surface area contributed by atoms with Crippen molar-refractivity contribution in [2.45, 2.75) is 102 Å². The molecule has 3 aliphatic rings. The van der Waals surface area contributed by atoms with Crippen LogP contribution in [0.25, 0.3) is 0 Å². The van der Waals surface area contributed by atoms with E-state index in [1.54, 1.807) is 31.2 Å². The molecule has 1 saturated carbocycles. The Morgan fingerprint density at radius 3 is 2.28 bits per heavy atom. The van der Waals surface area contributed by atoms with Crippen LogP contribution in [0.15, 0.2) is 48.5 Å². The molecule has 9 nitrogen and oxygen atoms in total. The Kier molecular flexibility index (Phi) is 11.0. The molecule has 1 spiro atoms. The van der Waals surface area contributed by atoms with Gasteiger partial charge in [-0.05, 0) is 81.0 Å². The van der Waals surface area contributed by atoms with Gasteiger partial charge in [-0.3, -0.25) is 19.3 Å². The van der Waals surface area contributed by atoms with Crippen molar-refractivity contribution >= 4 is 17.7 Å². The second-order valence-corrected chi connectivity index (χ2v) is 13.0. The van der Waals surface area contributed by atoms with Gasteiger partial charge in [0.2, 0.25) is 11.8 Å². The van der Waals surface area contributed by atoms with Crippen molar-refractivity contribution < 1.29 is 24.2 Å². The summed E-state index contributed by atoms with van der Waals surface area (Å²) in [5, 5.41) is 17.0. The Bertz CT molecular complexity index is 1410. The first kappa shape index (κ1) is 33.5. The highest BCUT2D eigenvalue weighted by Crippen LogP contribution is 2.38. The SMILES string of the molecule is CC#CCNC(=O)c1ccc(Oc2ccc(CN3CCC4(CC3)C(=O)N[C@H](CC3(O)CCCCC3)C(=O)N4CCCC)cc2)cc1. The first-order chi connectivity index (χ1) is 22.2. The first-order valence-corrected chi connectivity index (χ1v) is 16.9. The number of carbonyl (C=O) groups is 3. The Hall–Kier alpha value is -3.87. The van der Waals surface area contributed by atoms with Crippen molar-refractivity contribution in [2.75, 3.05) is 26.2 Å². The van der Waals surface area contributed by atoms with Crippen molar-refractivity contribution in [3.05, 3.63) is 59.7 Å². The Labute approximate surface area is 273 Å². The minimum atomic E-state index is -0.872. The maximum absolute atomic E-state index is 13.8. The van der Waals surface area contributed by atoms with Gasteiger partial charge >= 0.3 is 0 Å². The molecule has 2 saturated heterocycles. The van der Waals surface area contributed by atoms with Crippen LogP contribution < -0.4 is 15.4 Å². The third kappa shape index (κ3) is 7.91. The first-order valence-electron chi connectivity index (χ1n) is 16.9. The van der Waals surface area contributed by atoms with Crippen LogP contribution in [0, 0.1) is 11.8 Å². The molecular formula is C37H48N4O5. The highest BCUT2D eigenvalue weighted by atomic mass is 16.5. The number of piperidine rings is 1. The molecule has 0 bridgehead atoms. The van der Waals surface area contributed by atoms with Gasteiger partial charge in [-0.1, -0.05) is 50.7 Å². The summed E-state index contributed by atoms with van der Waals surface area (Å²) in [4.78, 5) is 44.0. The fourth-order valence-electron chi connectivity index (χ4n) is 7.07. The third-order valence-corrected chi connectivity index (χ3v) is 9.79. The van der Waals surface area contributed by atoms with Crippen LogP contribution in [0.2, 0.25) is 0 Å². The van der Waals surface area contributed by atoms with Crippen molar-refractivity contribution in [1.82, 2.24) is 20.4 Å². The molecule has 1 aliphatic carbocycles. The number of unbranched alkanes of at least 4 members (excludes halogenated alkanes) is 1. The van der Waals surface area contributed by atoms with E-state index in [1.807, 2.05) is 29.2 Å². The smallest absolute Gasteiger partial charge is 0.252 e. The molecule has 1 atom stereocenters. The van der Waals surface area contributed by atoms with E-state index in [-0.39, 0.29) is 17.7 Å². The molecule has 2 heterocycles. The molecule has 3 amide bonds. The van der Waals surface area contributed by atoms with E-state index >= 15 is 0 Å². The number of hydrogen-bond acceptors (Lipinski definition) is 6. The van der Waals surface area contributed by atoms with E-state index in [4.69, 9.17) is 4.74 Å². The van der Waals surface area contributed by atoms with Crippen molar-refractivity contribution in [3.63, 3.8) is 0 Å². The van der Waals surface area contributed by atoms with Gasteiger partial charge in [0.15, 0.2) is 0 Å². The van der Waals surface area contributed by atoms with Crippen LogP contribution in [0.4, 0.5) is 0 Å². The number of nitrogens with one attached hydrogen (secondary N) is 2. The van der Waals surface area contributed by atoms with Gasteiger partial charge in [-0.2, -0.15) is 0 Å². The third-order valence-electron chi connectivity index (χ3n) is 9.79. The number of amides is 3. The quantitative estimate of drug-likeness (QED) is 0.309. The lowest BCUT2D eigenvalue weighted by molar-refractivity contribution is -0.163. The predicted octanol–water partition coefficient (Wildman–Crippen LogP) is 4.78. The van der Waals surface area contributed by atoms with Crippen LogP contribution >= 0.6 is 0 Å². The van der Waals surface area contributed by atoms with E-state index in [9.17, 15) is 19.5 Å². The van der Waals surface area contributed by atoms with Gasteiger partial charge in [0.05, 0.1) is 12.1 Å². The van der Waals surface area contributed by atoms with E-state index < -0.39 is 17.2 Å². The normalized spacial score (nSPS) is 20.8. The highest BCUT2D eigenvalue weighted by molar-refractivity contribution is 6.00. The second kappa shape index (κ2) is 15.1. The summed E-state index contributed by atoms with van der Waals surface area (Å²) >= 11 is 0. The summed E-state index contributed by atoms with van der Waals surface area (Å²) in [6.45, 7) is 6.88. The molecule has 246 valence electrons. The van der Waals surface area contributed by atoms with Crippen LogP contribution in [-0.4, -0.2) is 76.0 Å². The summed E-state index contributed by atoms with van der Waals surface area (Å²) < 4.78 is 6.00. The number of carbonyl (C=O) groups excluding carboxylic acids is 3. The lowest BCUT2D eigenvalue weighted by Crippen LogP contribution is -2.73. The number of hydrogen-bond donors (Lipinski definition) is 3. The lowest BCUT2D eigenvalue weighted by Gasteiger charge is -2.52. The molecule has 46 heavy (non-hydrogen) atoms. The molecule has 3 fully saturated rings. The largest absolute Gasteiger partial charge is 0.457 e. The molecule has 3 N–H and O–H groups in total. The molecule has 2 aliphatic heterocycles. The predicted molar refractivity (Wildman–Crippen MR) is 177 cm³/mol. The van der Waals surface area contributed by atoms with Crippen LogP contribution in [-0.2, 0) is 16.1 Å². The lowest BCUT2D eigenvalue weighted by atomic mass is 9.77. The average Bonchev–Trinajstić information content (AvgIpc) is 3.06. The molecule has 9 heteroatoms. The maximum Gasteiger partial charge on any atom is 0.252 e. The summed E-state index contributed by atoms with van der Waals surface area (Å²) in [5.41, 5.74) is -0.0152. The molecule has 0 aromatic heterocycles. The average molecular weight is 629 g/mol. The molecule has 0 radical (unpaired) electrons. The molecular weight excluding hydrogens is 580 g/mol. The fraction of sp³-hybridized carbons (Fsp3) is 0.541. The summed E-state index contributed by atoms with van der Waals surface area (Å²) in [7, 11) is 0. The van der Waals surface area contributed by atoms with E-state index in [1.165, 1.54) is 0 Å².